The first kappa shape index (κ1) is 23.5. The van der Waals surface area contributed by atoms with Gasteiger partial charge in [-0.1, -0.05) is 60.4 Å². The third-order valence-electron chi connectivity index (χ3n) is 5.88. The first-order valence-corrected chi connectivity index (χ1v) is 10.9. The van der Waals surface area contributed by atoms with Crippen LogP contribution in [0.1, 0.15) is 38.5 Å². The van der Waals surface area contributed by atoms with Crippen molar-refractivity contribution in [1.29, 1.82) is 0 Å². The van der Waals surface area contributed by atoms with Crippen molar-refractivity contribution in [3.63, 3.8) is 0 Å². The molecule has 8 heteroatoms. The summed E-state index contributed by atoms with van der Waals surface area (Å²) in [6, 6.07) is 18.8. The normalized spacial score (nSPS) is 11.5. The molecule has 3 aromatic carbocycles. The van der Waals surface area contributed by atoms with Crippen molar-refractivity contribution in [3.05, 3.63) is 98.6 Å². The lowest BCUT2D eigenvalue weighted by molar-refractivity contribution is -0.385. The summed E-state index contributed by atoms with van der Waals surface area (Å²) in [5, 5.41) is 13.9. The van der Waals surface area contributed by atoms with Gasteiger partial charge in [0.25, 0.3) is 5.69 Å². The number of methoxy groups -OCH3 is 1. The predicted octanol–water partition coefficient (Wildman–Crippen LogP) is 4.58. The predicted molar refractivity (Wildman–Crippen MR) is 129 cm³/mol. The number of nitrogens with one attached hydrogen (secondary N) is 1. The maximum Gasteiger partial charge on any atom is 0.407 e. The molecule has 1 amide bonds. The van der Waals surface area contributed by atoms with Gasteiger partial charge < -0.3 is 14.8 Å². The standard InChI is InChI=1S/C27H22N2O6/c1-17-23(26(30)34-2)14-18(15-25(17)29(32)33)8-7-13-28-27(31)35-16-24-21-11-5-3-9-19(21)20-10-4-6-12-22(20)24/h3-6,9-12,14-15,24H,13,16H2,1-2H3,(H,28,31). The Bertz CT molecular complexity index is 1340. The molecule has 0 aromatic heterocycles. The third kappa shape index (κ3) is 4.84. The van der Waals surface area contributed by atoms with Crippen molar-refractivity contribution >= 4 is 17.7 Å². The average Bonchev–Trinajstić information content (AvgIpc) is 3.19. The monoisotopic (exact) mass is 470 g/mol. The van der Waals surface area contributed by atoms with Crippen LogP contribution < -0.4 is 5.32 Å². The molecule has 0 spiro atoms. The van der Waals surface area contributed by atoms with Crippen molar-refractivity contribution in [2.75, 3.05) is 20.3 Å². The van der Waals surface area contributed by atoms with Gasteiger partial charge in [-0.2, -0.15) is 0 Å². The van der Waals surface area contributed by atoms with Crippen LogP contribution in [-0.4, -0.2) is 37.2 Å². The molecule has 0 radical (unpaired) electrons. The van der Waals surface area contributed by atoms with E-state index in [-0.39, 0.29) is 41.4 Å². The van der Waals surface area contributed by atoms with Crippen molar-refractivity contribution in [2.24, 2.45) is 0 Å². The average molecular weight is 470 g/mol. The summed E-state index contributed by atoms with van der Waals surface area (Å²) in [4.78, 5) is 34.9. The van der Waals surface area contributed by atoms with Crippen LogP contribution in [-0.2, 0) is 9.47 Å². The summed E-state index contributed by atoms with van der Waals surface area (Å²) in [5.74, 6) is 4.72. The number of hydrogen-bond acceptors (Lipinski definition) is 6. The number of nitrogens with zero attached hydrogens (tertiary/aromatic N) is 1. The lowest BCUT2D eigenvalue weighted by atomic mass is 9.98. The third-order valence-corrected chi connectivity index (χ3v) is 5.88. The van der Waals surface area contributed by atoms with Crippen LogP contribution >= 0.6 is 0 Å². The zero-order valence-corrected chi connectivity index (χ0v) is 19.2. The van der Waals surface area contributed by atoms with E-state index in [1.54, 1.807) is 0 Å². The zero-order chi connectivity index (χ0) is 24.9. The van der Waals surface area contributed by atoms with Crippen LogP contribution in [0, 0.1) is 28.9 Å². The summed E-state index contributed by atoms with van der Waals surface area (Å²) in [7, 11) is 1.20. The largest absolute Gasteiger partial charge is 0.465 e. The van der Waals surface area contributed by atoms with Crippen molar-refractivity contribution in [3.8, 4) is 23.0 Å². The molecule has 8 nitrogen and oxygen atoms in total. The Balaban J connectivity index is 1.39. The van der Waals surface area contributed by atoms with Crippen LogP contribution in [0.3, 0.4) is 0 Å². The highest BCUT2D eigenvalue weighted by Gasteiger charge is 2.29. The van der Waals surface area contributed by atoms with Gasteiger partial charge in [-0.25, -0.2) is 9.59 Å². The summed E-state index contributed by atoms with van der Waals surface area (Å²) in [5.41, 5.74) is 4.80. The maximum atomic E-state index is 12.3. The molecule has 0 unspecified atom stereocenters. The lowest BCUT2D eigenvalue weighted by Gasteiger charge is -2.14. The van der Waals surface area contributed by atoms with E-state index >= 15 is 0 Å². The molecule has 3 aromatic rings. The fraction of sp³-hybridized carbons (Fsp3) is 0.185. The van der Waals surface area contributed by atoms with Crippen LogP contribution in [0.5, 0.6) is 0 Å². The van der Waals surface area contributed by atoms with Gasteiger partial charge in [-0.3, -0.25) is 10.1 Å². The molecule has 0 atom stereocenters. The van der Waals surface area contributed by atoms with Crippen molar-refractivity contribution in [1.82, 2.24) is 5.32 Å². The number of alkyl carbamates (subject to hydrolysis) is 1. The van der Waals surface area contributed by atoms with Gasteiger partial charge in [0.2, 0.25) is 0 Å². The Labute approximate surface area is 202 Å². The van der Waals surface area contributed by atoms with E-state index in [0.29, 0.717) is 0 Å². The first-order chi connectivity index (χ1) is 16.9. The highest BCUT2D eigenvalue weighted by Crippen LogP contribution is 2.44. The van der Waals surface area contributed by atoms with Gasteiger partial charge in [0.05, 0.1) is 24.1 Å². The number of rotatable bonds is 5. The maximum absolute atomic E-state index is 12.3. The lowest BCUT2D eigenvalue weighted by Crippen LogP contribution is -2.26. The highest BCUT2D eigenvalue weighted by molar-refractivity contribution is 5.92. The van der Waals surface area contributed by atoms with Gasteiger partial charge in [-0.05, 0) is 35.2 Å². The number of fused-ring (bicyclic) bond motifs is 3. The molecule has 0 saturated heterocycles. The second-order valence-corrected chi connectivity index (χ2v) is 7.90. The topological polar surface area (TPSA) is 108 Å². The molecule has 0 aliphatic heterocycles. The second kappa shape index (κ2) is 10.1. The van der Waals surface area contributed by atoms with E-state index < -0.39 is 17.0 Å². The van der Waals surface area contributed by atoms with Crippen molar-refractivity contribution < 1.29 is 24.0 Å². The van der Waals surface area contributed by atoms with Crippen LogP contribution in [0.25, 0.3) is 11.1 Å². The minimum atomic E-state index is -0.689. The molecule has 176 valence electrons. The number of esters is 1. The Kier molecular flexibility index (Phi) is 6.78. The number of ether oxygens (including phenoxy) is 2. The smallest absolute Gasteiger partial charge is 0.407 e. The van der Waals surface area contributed by atoms with Gasteiger partial charge in [0.1, 0.15) is 6.61 Å². The van der Waals surface area contributed by atoms with Crippen LogP contribution in [0.15, 0.2) is 60.7 Å². The molecule has 0 fully saturated rings. The number of carbonyl (C=O) groups excluding carboxylic acids is 2. The number of nitro groups is 1. The first-order valence-electron chi connectivity index (χ1n) is 10.9. The Morgan fingerprint density at radius 1 is 1.06 bits per heavy atom. The second-order valence-electron chi connectivity index (χ2n) is 7.90. The molecule has 1 N–H and O–H groups in total. The zero-order valence-electron chi connectivity index (χ0n) is 19.2. The van der Waals surface area contributed by atoms with Crippen LogP contribution in [0.4, 0.5) is 10.5 Å². The van der Waals surface area contributed by atoms with Crippen molar-refractivity contribution in [2.45, 2.75) is 12.8 Å². The number of carbonyl (C=O) groups is 2. The summed E-state index contributed by atoms with van der Waals surface area (Å²) in [6.07, 6.45) is -0.619. The summed E-state index contributed by atoms with van der Waals surface area (Å²) >= 11 is 0. The number of hydrogen-bond donors (Lipinski definition) is 1. The molecule has 35 heavy (non-hydrogen) atoms. The SMILES string of the molecule is COC(=O)c1cc(C#CCNC(=O)OCC2c3ccccc3-c3ccccc32)cc([N+](=O)[O-])c1C. The molecule has 1 aliphatic rings. The highest BCUT2D eigenvalue weighted by atomic mass is 16.6. The Morgan fingerprint density at radius 2 is 1.69 bits per heavy atom. The van der Waals surface area contributed by atoms with Crippen LogP contribution in [0.2, 0.25) is 0 Å². The molecule has 0 saturated carbocycles. The van der Waals surface area contributed by atoms with E-state index in [1.165, 1.54) is 26.2 Å². The molecular formula is C27H22N2O6. The van der Waals surface area contributed by atoms with E-state index in [1.807, 2.05) is 36.4 Å². The Morgan fingerprint density at radius 3 is 2.29 bits per heavy atom. The van der Waals surface area contributed by atoms with E-state index in [9.17, 15) is 19.7 Å². The number of nitro benzene ring substituents is 1. The summed E-state index contributed by atoms with van der Waals surface area (Å²) in [6.45, 7) is 1.62. The minimum absolute atomic E-state index is 0.0358. The molecule has 0 heterocycles. The Hall–Kier alpha value is -4.64. The van der Waals surface area contributed by atoms with Gasteiger partial charge >= 0.3 is 12.1 Å². The molecule has 0 bridgehead atoms. The van der Waals surface area contributed by atoms with Gasteiger partial charge in [0, 0.05) is 23.1 Å². The molecular weight excluding hydrogens is 448 g/mol. The summed E-state index contributed by atoms with van der Waals surface area (Å²) < 4.78 is 10.1. The molecule has 4 rings (SSSR count). The molecule has 1 aliphatic carbocycles. The van der Waals surface area contributed by atoms with E-state index in [0.717, 1.165) is 22.3 Å². The van der Waals surface area contributed by atoms with E-state index in [2.05, 4.69) is 29.3 Å². The fourth-order valence-corrected chi connectivity index (χ4v) is 4.19. The van der Waals surface area contributed by atoms with Gasteiger partial charge in [0.15, 0.2) is 0 Å². The van der Waals surface area contributed by atoms with Gasteiger partial charge in [-0.15, -0.1) is 0 Å². The number of amides is 1. The number of benzene rings is 3. The fourth-order valence-electron chi connectivity index (χ4n) is 4.19. The quantitative estimate of drug-likeness (QED) is 0.253. The van der Waals surface area contributed by atoms with E-state index in [4.69, 9.17) is 9.47 Å². The minimum Gasteiger partial charge on any atom is -0.465 e.